The highest BCUT2D eigenvalue weighted by Crippen LogP contribution is 2.33. The summed E-state index contributed by atoms with van der Waals surface area (Å²) < 4.78 is 0. The van der Waals surface area contributed by atoms with Crippen LogP contribution in [0, 0.1) is 12.8 Å². The molecule has 2 unspecified atom stereocenters. The molecule has 1 aromatic heterocycles. The number of aromatic nitrogens is 1. The molecule has 1 aliphatic heterocycles. The van der Waals surface area contributed by atoms with E-state index in [1.165, 1.54) is 12.0 Å². The smallest absolute Gasteiger partial charge is 0.191 e. The summed E-state index contributed by atoms with van der Waals surface area (Å²) in [4.78, 5) is 11.5. The molecule has 148 valence electrons. The van der Waals surface area contributed by atoms with Crippen LogP contribution in [0.4, 0.5) is 5.82 Å². The molecular formula is C23H31N5. The summed E-state index contributed by atoms with van der Waals surface area (Å²) in [5, 5.41) is 7.26. The summed E-state index contributed by atoms with van der Waals surface area (Å²) in [6, 6.07) is 18.0. The van der Waals surface area contributed by atoms with Gasteiger partial charge in [0.1, 0.15) is 5.82 Å². The predicted octanol–water partition coefficient (Wildman–Crippen LogP) is 3.16. The Morgan fingerprint density at radius 3 is 2.57 bits per heavy atom. The minimum atomic E-state index is 0.471. The lowest BCUT2D eigenvalue weighted by atomic mass is 10.1. The summed E-state index contributed by atoms with van der Waals surface area (Å²) in [6.45, 7) is 4.12. The first kappa shape index (κ1) is 18.8. The first-order valence-corrected chi connectivity index (χ1v) is 10.4. The van der Waals surface area contributed by atoms with E-state index in [2.05, 4.69) is 81.0 Å². The molecule has 0 spiro atoms. The van der Waals surface area contributed by atoms with Gasteiger partial charge in [-0.15, -0.1) is 0 Å². The summed E-state index contributed by atoms with van der Waals surface area (Å²) in [5.74, 6) is 2.77. The quantitative estimate of drug-likeness (QED) is 0.621. The first-order valence-electron chi connectivity index (χ1n) is 10.4. The van der Waals surface area contributed by atoms with Crippen LogP contribution < -0.4 is 15.5 Å². The highest BCUT2D eigenvalue weighted by atomic mass is 15.2. The van der Waals surface area contributed by atoms with Gasteiger partial charge < -0.3 is 15.5 Å². The van der Waals surface area contributed by atoms with Crippen molar-refractivity contribution in [2.75, 3.05) is 25.0 Å². The van der Waals surface area contributed by atoms with Crippen molar-refractivity contribution in [3.63, 3.8) is 0 Å². The average Bonchev–Trinajstić information content (AvgIpc) is 3.46. The second-order valence-corrected chi connectivity index (χ2v) is 8.05. The summed E-state index contributed by atoms with van der Waals surface area (Å²) in [7, 11) is 1.87. The maximum absolute atomic E-state index is 4.66. The van der Waals surface area contributed by atoms with Crippen molar-refractivity contribution in [1.29, 1.82) is 0 Å². The minimum absolute atomic E-state index is 0.471. The normalized spacial score (nSPS) is 22.8. The molecule has 0 amide bonds. The van der Waals surface area contributed by atoms with Crippen LogP contribution in [-0.4, -0.2) is 43.2 Å². The Kier molecular flexibility index (Phi) is 5.79. The van der Waals surface area contributed by atoms with E-state index in [1.54, 1.807) is 0 Å². The molecule has 1 saturated heterocycles. The van der Waals surface area contributed by atoms with Gasteiger partial charge in [0, 0.05) is 37.9 Å². The van der Waals surface area contributed by atoms with Gasteiger partial charge in [-0.25, -0.2) is 4.98 Å². The molecule has 5 nitrogen and oxygen atoms in total. The second-order valence-electron chi connectivity index (χ2n) is 8.05. The lowest BCUT2D eigenvalue weighted by Gasteiger charge is -2.34. The number of pyridine rings is 1. The maximum Gasteiger partial charge on any atom is 0.191 e. The van der Waals surface area contributed by atoms with E-state index in [1.807, 2.05) is 7.05 Å². The molecule has 2 aliphatic rings. The van der Waals surface area contributed by atoms with Gasteiger partial charge in [-0.2, -0.15) is 0 Å². The fourth-order valence-electron chi connectivity index (χ4n) is 4.06. The average molecular weight is 378 g/mol. The van der Waals surface area contributed by atoms with E-state index in [9.17, 15) is 0 Å². The minimum Gasteiger partial charge on any atom is -0.356 e. The molecule has 2 fully saturated rings. The predicted molar refractivity (Wildman–Crippen MR) is 116 cm³/mol. The van der Waals surface area contributed by atoms with Crippen molar-refractivity contribution >= 4 is 11.8 Å². The lowest BCUT2D eigenvalue weighted by molar-refractivity contribution is 0.459. The van der Waals surface area contributed by atoms with Crippen molar-refractivity contribution < 1.29 is 0 Å². The number of anilines is 1. The summed E-state index contributed by atoms with van der Waals surface area (Å²) in [5.41, 5.74) is 2.51. The van der Waals surface area contributed by atoms with Gasteiger partial charge in [0.05, 0.1) is 0 Å². The molecule has 2 aromatic rings. The molecule has 1 aromatic carbocycles. The van der Waals surface area contributed by atoms with E-state index in [4.69, 9.17) is 0 Å². The molecule has 2 heterocycles. The van der Waals surface area contributed by atoms with Gasteiger partial charge in [-0.3, -0.25) is 4.99 Å². The Labute approximate surface area is 168 Å². The van der Waals surface area contributed by atoms with Crippen LogP contribution in [0.15, 0.2) is 53.5 Å². The Morgan fingerprint density at radius 2 is 1.86 bits per heavy atom. The van der Waals surface area contributed by atoms with Crippen LogP contribution in [-0.2, 0) is 6.42 Å². The number of rotatable bonds is 5. The molecule has 2 N–H and O–H groups in total. The third kappa shape index (κ3) is 4.83. The molecular weight excluding hydrogens is 346 g/mol. The van der Waals surface area contributed by atoms with Gasteiger partial charge in [0.2, 0.25) is 0 Å². The van der Waals surface area contributed by atoms with Crippen molar-refractivity contribution in [1.82, 2.24) is 15.6 Å². The van der Waals surface area contributed by atoms with E-state index in [-0.39, 0.29) is 0 Å². The van der Waals surface area contributed by atoms with E-state index >= 15 is 0 Å². The van der Waals surface area contributed by atoms with Crippen molar-refractivity contribution in [2.45, 2.75) is 44.7 Å². The molecule has 5 heteroatoms. The number of aliphatic imine (C=N–C) groups is 1. The van der Waals surface area contributed by atoms with Crippen LogP contribution in [0.2, 0.25) is 0 Å². The van der Waals surface area contributed by atoms with Crippen molar-refractivity contribution in [3.05, 3.63) is 59.8 Å². The SMILES string of the molecule is CN=C(NC1CCN(c2cccc(C)n2)CC1)NC1CC1Cc1ccccc1. The lowest BCUT2D eigenvalue weighted by Crippen LogP contribution is -2.49. The highest BCUT2D eigenvalue weighted by Gasteiger charge is 2.37. The number of aryl methyl sites for hydroxylation is 1. The summed E-state index contributed by atoms with van der Waals surface area (Å²) >= 11 is 0. The largest absolute Gasteiger partial charge is 0.356 e. The first-order chi connectivity index (χ1) is 13.7. The van der Waals surface area contributed by atoms with Gasteiger partial charge in [-0.05, 0) is 56.2 Å². The zero-order valence-corrected chi connectivity index (χ0v) is 16.9. The van der Waals surface area contributed by atoms with Crippen LogP contribution in [0.1, 0.15) is 30.5 Å². The van der Waals surface area contributed by atoms with Gasteiger partial charge in [-0.1, -0.05) is 36.4 Å². The number of hydrogen-bond donors (Lipinski definition) is 2. The Morgan fingerprint density at radius 1 is 1.07 bits per heavy atom. The maximum atomic E-state index is 4.66. The number of guanidine groups is 1. The third-order valence-corrected chi connectivity index (χ3v) is 5.84. The molecule has 0 bridgehead atoms. The van der Waals surface area contributed by atoms with E-state index in [0.29, 0.717) is 12.1 Å². The fraction of sp³-hybridized carbons (Fsp3) is 0.478. The monoisotopic (exact) mass is 377 g/mol. The zero-order valence-electron chi connectivity index (χ0n) is 16.9. The standard InChI is InChI=1S/C23H31N5/c1-17-7-6-10-22(25-17)28-13-11-20(12-14-28)26-23(24-2)27-21-16-19(21)15-18-8-4-3-5-9-18/h3-10,19-21H,11-16H2,1-2H3,(H2,24,26,27). The Hall–Kier alpha value is -2.56. The van der Waals surface area contributed by atoms with Crippen molar-refractivity contribution in [3.8, 4) is 0 Å². The van der Waals surface area contributed by atoms with Crippen molar-refractivity contribution in [2.24, 2.45) is 10.9 Å². The number of nitrogens with one attached hydrogen (secondary N) is 2. The summed E-state index contributed by atoms with van der Waals surface area (Å²) in [6.07, 6.45) is 4.59. The molecule has 1 saturated carbocycles. The molecule has 2 atom stereocenters. The molecule has 4 rings (SSSR count). The second kappa shape index (κ2) is 8.63. The van der Waals surface area contributed by atoms with Gasteiger partial charge in [0.15, 0.2) is 5.96 Å². The fourth-order valence-corrected chi connectivity index (χ4v) is 4.06. The highest BCUT2D eigenvalue weighted by molar-refractivity contribution is 5.80. The third-order valence-electron chi connectivity index (χ3n) is 5.84. The van der Waals surface area contributed by atoms with Gasteiger partial charge >= 0.3 is 0 Å². The van der Waals surface area contributed by atoms with Crippen LogP contribution in [0.5, 0.6) is 0 Å². The number of benzene rings is 1. The zero-order chi connectivity index (χ0) is 19.3. The Bertz CT molecular complexity index is 796. The van der Waals surface area contributed by atoms with E-state index in [0.717, 1.165) is 55.7 Å². The van der Waals surface area contributed by atoms with Crippen LogP contribution in [0.3, 0.4) is 0 Å². The number of nitrogens with zero attached hydrogens (tertiary/aromatic N) is 3. The molecule has 0 radical (unpaired) electrons. The van der Waals surface area contributed by atoms with Crippen LogP contribution in [0.25, 0.3) is 0 Å². The number of piperidine rings is 1. The number of hydrogen-bond acceptors (Lipinski definition) is 3. The Balaban J connectivity index is 1.22. The van der Waals surface area contributed by atoms with E-state index < -0.39 is 0 Å². The molecule has 1 aliphatic carbocycles. The molecule has 28 heavy (non-hydrogen) atoms. The van der Waals surface area contributed by atoms with Crippen LogP contribution >= 0.6 is 0 Å². The van der Waals surface area contributed by atoms with Gasteiger partial charge in [0.25, 0.3) is 0 Å². The topological polar surface area (TPSA) is 52.6 Å².